The van der Waals surface area contributed by atoms with Gasteiger partial charge in [-0.2, -0.15) is 0 Å². The molecule has 1 aromatic rings. The van der Waals surface area contributed by atoms with E-state index in [1.165, 1.54) is 5.56 Å². The summed E-state index contributed by atoms with van der Waals surface area (Å²) < 4.78 is 0. The van der Waals surface area contributed by atoms with Crippen molar-refractivity contribution in [2.24, 2.45) is 0 Å². The highest BCUT2D eigenvalue weighted by Crippen LogP contribution is 2.15. The quantitative estimate of drug-likeness (QED) is 0.663. The number of allylic oxidation sites excluding steroid dienone is 1. The van der Waals surface area contributed by atoms with Crippen molar-refractivity contribution >= 4 is 11.8 Å². The molecule has 0 aliphatic rings. The van der Waals surface area contributed by atoms with E-state index < -0.39 is 0 Å². The van der Waals surface area contributed by atoms with Crippen molar-refractivity contribution in [1.29, 1.82) is 0 Å². The third-order valence-electron chi connectivity index (χ3n) is 1.78. The van der Waals surface area contributed by atoms with Gasteiger partial charge in [0.05, 0.1) is 0 Å². The topological polar surface area (TPSA) is 26.0 Å². The van der Waals surface area contributed by atoms with Crippen LogP contribution in [0.2, 0.25) is 0 Å². The van der Waals surface area contributed by atoms with Gasteiger partial charge in [0.2, 0.25) is 0 Å². The van der Waals surface area contributed by atoms with Crippen LogP contribution in [0.1, 0.15) is 24.5 Å². The molecule has 0 aliphatic carbocycles. The SMILES string of the molecule is CC/C=C\c1cc(C)ccc1N. The average Bonchev–Trinajstić information content (AvgIpc) is 2.07. The number of rotatable bonds is 2. The highest BCUT2D eigenvalue weighted by Gasteiger charge is 1.93. The summed E-state index contributed by atoms with van der Waals surface area (Å²) in [6.07, 6.45) is 5.24. The summed E-state index contributed by atoms with van der Waals surface area (Å²) in [7, 11) is 0. The molecule has 0 bridgehead atoms. The molecule has 0 atom stereocenters. The van der Waals surface area contributed by atoms with Crippen molar-refractivity contribution < 1.29 is 0 Å². The molecule has 0 spiro atoms. The predicted octanol–water partition coefficient (Wildman–Crippen LogP) is 3.00. The van der Waals surface area contributed by atoms with Gasteiger partial charge in [-0.1, -0.05) is 30.7 Å². The molecule has 0 unspecified atom stereocenters. The number of anilines is 1. The molecule has 0 amide bonds. The van der Waals surface area contributed by atoms with E-state index in [1.807, 2.05) is 12.1 Å². The van der Waals surface area contributed by atoms with Gasteiger partial charge in [0.25, 0.3) is 0 Å². The Balaban J connectivity index is 2.97. The van der Waals surface area contributed by atoms with Crippen LogP contribution in [0.15, 0.2) is 24.3 Å². The monoisotopic (exact) mass is 161 g/mol. The summed E-state index contributed by atoms with van der Waals surface area (Å²) in [5.41, 5.74) is 9.00. The fraction of sp³-hybridized carbons (Fsp3) is 0.273. The van der Waals surface area contributed by atoms with Gasteiger partial charge in [0, 0.05) is 5.69 Å². The molecular weight excluding hydrogens is 146 g/mol. The fourth-order valence-corrected chi connectivity index (χ4v) is 1.08. The van der Waals surface area contributed by atoms with Crippen molar-refractivity contribution in [3.05, 3.63) is 35.4 Å². The maximum atomic E-state index is 5.78. The molecule has 1 heteroatoms. The van der Waals surface area contributed by atoms with E-state index >= 15 is 0 Å². The van der Waals surface area contributed by atoms with Gasteiger partial charge in [0.15, 0.2) is 0 Å². The van der Waals surface area contributed by atoms with Gasteiger partial charge in [-0.3, -0.25) is 0 Å². The lowest BCUT2D eigenvalue weighted by Gasteiger charge is -2.00. The average molecular weight is 161 g/mol. The zero-order chi connectivity index (χ0) is 8.97. The molecule has 1 aromatic carbocycles. The standard InChI is InChI=1S/C11H15N/c1-3-4-5-10-8-9(2)6-7-11(10)12/h4-8H,3,12H2,1-2H3/b5-4-. The number of aryl methyl sites for hydroxylation is 1. The Morgan fingerprint density at radius 3 is 2.83 bits per heavy atom. The van der Waals surface area contributed by atoms with Crippen LogP contribution in [0.5, 0.6) is 0 Å². The van der Waals surface area contributed by atoms with Crippen LogP contribution in [0.25, 0.3) is 6.08 Å². The van der Waals surface area contributed by atoms with Gasteiger partial charge < -0.3 is 5.73 Å². The summed E-state index contributed by atoms with van der Waals surface area (Å²) in [6, 6.07) is 6.07. The van der Waals surface area contributed by atoms with Gasteiger partial charge in [0.1, 0.15) is 0 Å². The molecule has 0 heterocycles. The lowest BCUT2D eigenvalue weighted by molar-refractivity contribution is 1.23. The Hall–Kier alpha value is -1.24. The molecule has 0 fully saturated rings. The maximum absolute atomic E-state index is 5.78. The normalized spacial score (nSPS) is 10.8. The first-order valence-electron chi connectivity index (χ1n) is 4.26. The van der Waals surface area contributed by atoms with E-state index in [-0.39, 0.29) is 0 Å². The molecule has 0 radical (unpaired) electrons. The summed E-state index contributed by atoms with van der Waals surface area (Å²) in [5.74, 6) is 0. The molecule has 0 saturated carbocycles. The number of benzene rings is 1. The highest BCUT2D eigenvalue weighted by molar-refractivity contribution is 5.65. The van der Waals surface area contributed by atoms with E-state index in [2.05, 4.69) is 32.1 Å². The Kier molecular flexibility index (Phi) is 2.92. The van der Waals surface area contributed by atoms with Crippen LogP contribution in [0.3, 0.4) is 0 Å². The first-order valence-corrected chi connectivity index (χ1v) is 4.26. The molecule has 0 aromatic heterocycles. The Morgan fingerprint density at radius 1 is 1.42 bits per heavy atom. The highest BCUT2D eigenvalue weighted by atomic mass is 14.5. The van der Waals surface area contributed by atoms with Gasteiger partial charge in [-0.25, -0.2) is 0 Å². The Morgan fingerprint density at radius 2 is 2.17 bits per heavy atom. The second-order valence-corrected chi connectivity index (χ2v) is 2.94. The maximum Gasteiger partial charge on any atom is 0.0387 e. The van der Waals surface area contributed by atoms with Crippen LogP contribution in [-0.4, -0.2) is 0 Å². The van der Waals surface area contributed by atoms with Crippen molar-refractivity contribution in [3.8, 4) is 0 Å². The van der Waals surface area contributed by atoms with E-state index in [0.29, 0.717) is 0 Å². The molecule has 64 valence electrons. The Labute approximate surface area is 73.9 Å². The molecule has 1 nitrogen and oxygen atoms in total. The minimum absolute atomic E-state index is 0.852. The van der Waals surface area contributed by atoms with Crippen molar-refractivity contribution in [3.63, 3.8) is 0 Å². The van der Waals surface area contributed by atoms with Crippen LogP contribution in [-0.2, 0) is 0 Å². The third-order valence-corrected chi connectivity index (χ3v) is 1.78. The minimum atomic E-state index is 0.852. The zero-order valence-electron chi connectivity index (χ0n) is 7.67. The summed E-state index contributed by atoms with van der Waals surface area (Å²) in [4.78, 5) is 0. The first-order chi connectivity index (χ1) is 5.74. The first kappa shape index (κ1) is 8.85. The zero-order valence-corrected chi connectivity index (χ0v) is 7.67. The number of hydrogen-bond donors (Lipinski definition) is 1. The molecular formula is C11H15N. The summed E-state index contributed by atoms with van der Waals surface area (Å²) >= 11 is 0. The second kappa shape index (κ2) is 3.96. The van der Waals surface area contributed by atoms with E-state index in [9.17, 15) is 0 Å². The van der Waals surface area contributed by atoms with Crippen LogP contribution < -0.4 is 5.73 Å². The molecule has 2 N–H and O–H groups in total. The number of hydrogen-bond acceptors (Lipinski definition) is 1. The molecule has 0 saturated heterocycles. The van der Waals surface area contributed by atoms with Crippen LogP contribution in [0.4, 0.5) is 5.69 Å². The molecule has 12 heavy (non-hydrogen) atoms. The third kappa shape index (κ3) is 2.12. The largest absolute Gasteiger partial charge is 0.398 e. The van der Waals surface area contributed by atoms with E-state index in [1.54, 1.807) is 0 Å². The summed E-state index contributed by atoms with van der Waals surface area (Å²) in [6.45, 7) is 4.19. The smallest absolute Gasteiger partial charge is 0.0387 e. The predicted molar refractivity (Wildman–Crippen MR) is 54.9 cm³/mol. The lowest BCUT2D eigenvalue weighted by Crippen LogP contribution is -1.89. The minimum Gasteiger partial charge on any atom is -0.398 e. The molecule has 0 aliphatic heterocycles. The van der Waals surface area contributed by atoms with Gasteiger partial charge in [-0.15, -0.1) is 0 Å². The Bertz CT molecular complexity index is 287. The lowest BCUT2D eigenvalue weighted by atomic mass is 10.1. The van der Waals surface area contributed by atoms with Crippen LogP contribution in [0, 0.1) is 6.92 Å². The fourth-order valence-electron chi connectivity index (χ4n) is 1.08. The van der Waals surface area contributed by atoms with Crippen molar-refractivity contribution in [1.82, 2.24) is 0 Å². The second-order valence-electron chi connectivity index (χ2n) is 2.94. The molecule has 1 rings (SSSR count). The number of nitrogens with two attached hydrogens (primary N) is 1. The van der Waals surface area contributed by atoms with E-state index in [4.69, 9.17) is 5.73 Å². The van der Waals surface area contributed by atoms with Crippen molar-refractivity contribution in [2.45, 2.75) is 20.3 Å². The van der Waals surface area contributed by atoms with E-state index in [0.717, 1.165) is 17.7 Å². The van der Waals surface area contributed by atoms with Gasteiger partial charge in [-0.05, 0) is 31.0 Å². The van der Waals surface area contributed by atoms with Gasteiger partial charge >= 0.3 is 0 Å². The van der Waals surface area contributed by atoms with Crippen molar-refractivity contribution in [2.75, 3.05) is 5.73 Å². The summed E-state index contributed by atoms with van der Waals surface area (Å²) in [5, 5.41) is 0. The van der Waals surface area contributed by atoms with Crippen LogP contribution >= 0.6 is 0 Å². The number of nitrogen functional groups attached to an aromatic ring is 1.